The van der Waals surface area contributed by atoms with Crippen LogP contribution in [0, 0.1) is 0 Å². The van der Waals surface area contributed by atoms with E-state index in [9.17, 15) is 0 Å². The van der Waals surface area contributed by atoms with Crippen molar-refractivity contribution in [2.24, 2.45) is 0 Å². The van der Waals surface area contributed by atoms with Gasteiger partial charge in [-0.15, -0.1) is 11.3 Å². The van der Waals surface area contributed by atoms with Crippen molar-refractivity contribution in [3.05, 3.63) is 41.5 Å². The van der Waals surface area contributed by atoms with Crippen LogP contribution in [-0.4, -0.2) is 9.97 Å². The van der Waals surface area contributed by atoms with Gasteiger partial charge in [-0.25, -0.2) is 9.97 Å². The van der Waals surface area contributed by atoms with E-state index < -0.39 is 0 Å². The Hall–Kier alpha value is -1.94. The maximum absolute atomic E-state index is 5.84. The molecule has 0 radical (unpaired) electrons. The van der Waals surface area contributed by atoms with Crippen LogP contribution in [-0.2, 0) is 6.42 Å². The molecule has 0 atom stereocenters. The number of rotatable bonds is 2. The van der Waals surface area contributed by atoms with Gasteiger partial charge in [0.1, 0.15) is 11.6 Å². The van der Waals surface area contributed by atoms with Crippen molar-refractivity contribution in [3.63, 3.8) is 0 Å². The number of anilines is 1. The van der Waals surface area contributed by atoms with Crippen LogP contribution in [0.4, 0.5) is 5.82 Å². The van der Waals surface area contributed by atoms with E-state index in [0.29, 0.717) is 5.82 Å². The van der Waals surface area contributed by atoms with E-state index in [-0.39, 0.29) is 0 Å². The molecule has 0 aliphatic heterocycles. The average Bonchev–Trinajstić information content (AvgIpc) is 2.85. The second-order valence-corrected chi connectivity index (χ2v) is 5.01. The Labute approximate surface area is 109 Å². The van der Waals surface area contributed by atoms with Crippen molar-refractivity contribution in [2.45, 2.75) is 13.3 Å². The smallest absolute Gasteiger partial charge is 0.131 e. The van der Waals surface area contributed by atoms with Crippen molar-refractivity contribution in [1.29, 1.82) is 0 Å². The molecule has 4 heteroatoms. The van der Waals surface area contributed by atoms with Crippen LogP contribution in [0.2, 0.25) is 0 Å². The molecule has 2 N–H and O–H groups in total. The first-order chi connectivity index (χ1) is 8.78. The zero-order valence-corrected chi connectivity index (χ0v) is 10.9. The Morgan fingerprint density at radius 3 is 2.94 bits per heavy atom. The summed E-state index contributed by atoms with van der Waals surface area (Å²) < 4.78 is 1.25. The summed E-state index contributed by atoms with van der Waals surface area (Å²) in [6, 6.07) is 10.2. The first kappa shape index (κ1) is 11.2. The van der Waals surface area contributed by atoms with E-state index in [0.717, 1.165) is 23.5 Å². The van der Waals surface area contributed by atoms with E-state index in [2.05, 4.69) is 33.5 Å². The third-order valence-electron chi connectivity index (χ3n) is 2.86. The fourth-order valence-electron chi connectivity index (χ4n) is 2.01. The zero-order chi connectivity index (χ0) is 12.5. The van der Waals surface area contributed by atoms with Crippen LogP contribution >= 0.6 is 11.3 Å². The fraction of sp³-hybridized carbons (Fsp3) is 0.143. The van der Waals surface area contributed by atoms with Crippen molar-refractivity contribution >= 4 is 27.2 Å². The Balaban J connectivity index is 2.25. The van der Waals surface area contributed by atoms with Gasteiger partial charge in [0.2, 0.25) is 0 Å². The summed E-state index contributed by atoms with van der Waals surface area (Å²) in [5.74, 6) is 1.32. The van der Waals surface area contributed by atoms with Crippen LogP contribution in [0.25, 0.3) is 21.3 Å². The zero-order valence-electron chi connectivity index (χ0n) is 10.1. The number of aryl methyl sites for hydroxylation is 1. The number of aromatic nitrogens is 2. The van der Waals surface area contributed by atoms with Crippen molar-refractivity contribution in [1.82, 2.24) is 9.97 Å². The second-order valence-electron chi connectivity index (χ2n) is 4.09. The molecule has 0 fully saturated rings. The molecule has 0 unspecified atom stereocenters. The minimum atomic E-state index is 0.533. The highest BCUT2D eigenvalue weighted by Crippen LogP contribution is 2.31. The quantitative estimate of drug-likeness (QED) is 0.762. The first-order valence-corrected chi connectivity index (χ1v) is 6.76. The van der Waals surface area contributed by atoms with Crippen LogP contribution in [0.15, 0.2) is 35.7 Å². The third kappa shape index (κ3) is 1.84. The van der Waals surface area contributed by atoms with Crippen molar-refractivity contribution in [2.75, 3.05) is 5.73 Å². The highest BCUT2D eigenvalue weighted by molar-refractivity contribution is 7.17. The summed E-state index contributed by atoms with van der Waals surface area (Å²) in [7, 11) is 0. The molecule has 2 heterocycles. The van der Waals surface area contributed by atoms with Gasteiger partial charge in [-0.2, -0.15) is 0 Å². The van der Waals surface area contributed by atoms with Crippen LogP contribution in [0.5, 0.6) is 0 Å². The lowest BCUT2D eigenvalue weighted by Crippen LogP contribution is -2.00. The molecule has 0 saturated carbocycles. The van der Waals surface area contributed by atoms with E-state index in [4.69, 9.17) is 5.73 Å². The van der Waals surface area contributed by atoms with Gasteiger partial charge < -0.3 is 5.73 Å². The van der Waals surface area contributed by atoms with E-state index in [1.165, 1.54) is 10.1 Å². The van der Waals surface area contributed by atoms with E-state index >= 15 is 0 Å². The number of fused-ring (bicyclic) bond motifs is 1. The molecule has 0 aliphatic rings. The Morgan fingerprint density at radius 2 is 2.11 bits per heavy atom. The number of nitrogens with zero attached hydrogens (tertiary/aromatic N) is 2. The Morgan fingerprint density at radius 1 is 1.22 bits per heavy atom. The maximum atomic E-state index is 5.84. The van der Waals surface area contributed by atoms with Gasteiger partial charge in [-0.1, -0.05) is 25.1 Å². The number of thiophene rings is 1. The minimum absolute atomic E-state index is 0.533. The van der Waals surface area contributed by atoms with Gasteiger partial charge in [0.05, 0.1) is 5.69 Å². The molecule has 0 bridgehead atoms. The lowest BCUT2D eigenvalue weighted by atomic mass is 10.1. The standard InChI is InChI=1S/C14H13N3S/c1-2-13-16-11(8-12(15)17-13)10-5-3-4-9-6-7-18-14(9)10/h3-8H,2H2,1H3,(H2,15,16,17). The van der Waals surface area contributed by atoms with E-state index in [1.807, 2.05) is 19.1 Å². The topological polar surface area (TPSA) is 51.8 Å². The van der Waals surface area contributed by atoms with Crippen LogP contribution in [0.3, 0.4) is 0 Å². The molecule has 2 aromatic heterocycles. The molecular formula is C14H13N3S. The molecule has 0 spiro atoms. The SMILES string of the molecule is CCc1nc(N)cc(-c2cccc3ccsc23)n1. The summed E-state index contributed by atoms with van der Waals surface area (Å²) in [4.78, 5) is 8.78. The Kier molecular flexibility index (Phi) is 2.72. The monoisotopic (exact) mass is 255 g/mol. The van der Waals surface area contributed by atoms with Gasteiger partial charge >= 0.3 is 0 Å². The molecule has 0 saturated heterocycles. The summed E-state index contributed by atoms with van der Waals surface area (Å²) in [5, 5.41) is 3.34. The van der Waals surface area contributed by atoms with Crippen LogP contribution < -0.4 is 5.73 Å². The molecule has 90 valence electrons. The summed E-state index contributed by atoms with van der Waals surface area (Å²) >= 11 is 1.73. The minimum Gasteiger partial charge on any atom is -0.384 e. The lowest BCUT2D eigenvalue weighted by Gasteiger charge is -2.05. The molecule has 1 aromatic carbocycles. The number of nitrogen functional groups attached to an aromatic ring is 1. The molecular weight excluding hydrogens is 242 g/mol. The highest BCUT2D eigenvalue weighted by atomic mass is 32.1. The summed E-state index contributed by atoms with van der Waals surface area (Å²) in [6.07, 6.45) is 0.790. The average molecular weight is 255 g/mol. The molecule has 0 amide bonds. The first-order valence-electron chi connectivity index (χ1n) is 5.88. The molecule has 18 heavy (non-hydrogen) atoms. The number of hydrogen-bond acceptors (Lipinski definition) is 4. The summed E-state index contributed by atoms with van der Waals surface area (Å²) in [6.45, 7) is 2.03. The fourth-order valence-corrected chi connectivity index (χ4v) is 2.93. The molecule has 3 aromatic rings. The van der Waals surface area contributed by atoms with Gasteiger partial charge in [0, 0.05) is 22.8 Å². The predicted octanol–water partition coefficient (Wildman–Crippen LogP) is 3.50. The number of benzene rings is 1. The van der Waals surface area contributed by atoms with Gasteiger partial charge in [0.15, 0.2) is 0 Å². The van der Waals surface area contributed by atoms with Gasteiger partial charge in [0.25, 0.3) is 0 Å². The lowest BCUT2D eigenvalue weighted by molar-refractivity contribution is 0.949. The highest BCUT2D eigenvalue weighted by Gasteiger charge is 2.08. The molecule has 3 rings (SSSR count). The van der Waals surface area contributed by atoms with Crippen molar-refractivity contribution < 1.29 is 0 Å². The summed E-state index contributed by atoms with van der Waals surface area (Å²) in [5.41, 5.74) is 7.88. The molecule has 0 aliphatic carbocycles. The largest absolute Gasteiger partial charge is 0.384 e. The van der Waals surface area contributed by atoms with Gasteiger partial charge in [-0.3, -0.25) is 0 Å². The Bertz CT molecular complexity index is 703. The normalized spacial score (nSPS) is 10.9. The van der Waals surface area contributed by atoms with Crippen molar-refractivity contribution in [3.8, 4) is 11.3 Å². The number of nitrogens with two attached hydrogens (primary N) is 1. The van der Waals surface area contributed by atoms with Crippen LogP contribution in [0.1, 0.15) is 12.7 Å². The number of hydrogen-bond donors (Lipinski definition) is 1. The predicted molar refractivity (Wildman–Crippen MR) is 76.6 cm³/mol. The molecule has 3 nitrogen and oxygen atoms in total. The third-order valence-corrected chi connectivity index (χ3v) is 3.83. The van der Waals surface area contributed by atoms with Gasteiger partial charge in [-0.05, 0) is 16.8 Å². The second kappa shape index (κ2) is 4.38. The van der Waals surface area contributed by atoms with E-state index in [1.54, 1.807) is 11.3 Å². The maximum Gasteiger partial charge on any atom is 0.131 e.